The van der Waals surface area contributed by atoms with Gasteiger partial charge in [-0.1, -0.05) is 29.5 Å². The van der Waals surface area contributed by atoms with E-state index >= 15 is 0 Å². The van der Waals surface area contributed by atoms with Crippen molar-refractivity contribution < 1.29 is 24.1 Å². The van der Waals surface area contributed by atoms with Gasteiger partial charge in [0.2, 0.25) is 0 Å². The van der Waals surface area contributed by atoms with Gasteiger partial charge in [-0.3, -0.25) is 14.7 Å². The number of nitrogens with zero attached hydrogens (tertiary/aromatic N) is 2. The van der Waals surface area contributed by atoms with Crippen molar-refractivity contribution >= 4 is 28.5 Å². The lowest BCUT2D eigenvalue weighted by atomic mass is 9.81. The monoisotopic (exact) mass is 510 g/mol. The molecule has 2 heterocycles. The lowest BCUT2D eigenvalue weighted by Crippen LogP contribution is -2.44. The summed E-state index contributed by atoms with van der Waals surface area (Å²) in [7, 11) is 1.57. The van der Waals surface area contributed by atoms with Crippen LogP contribution in [0.1, 0.15) is 36.5 Å². The van der Waals surface area contributed by atoms with E-state index in [1.807, 2.05) is 11.0 Å². The van der Waals surface area contributed by atoms with E-state index in [0.717, 1.165) is 5.39 Å². The molecule has 4 rings (SSSR count). The number of aliphatic hydroxyl groups is 1. The van der Waals surface area contributed by atoms with Gasteiger partial charge in [-0.25, -0.2) is 4.39 Å². The van der Waals surface area contributed by atoms with E-state index in [-0.39, 0.29) is 11.7 Å². The molecule has 0 aliphatic carbocycles. The number of aliphatic hydroxyl groups excluding tert-OH is 1. The van der Waals surface area contributed by atoms with E-state index in [2.05, 4.69) is 16.8 Å². The predicted molar refractivity (Wildman–Crippen MR) is 136 cm³/mol. The summed E-state index contributed by atoms with van der Waals surface area (Å²) >= 11 is 6.42. The average Bonchev–Trinajstić information content (AvgIpc) is 2.87. The second-order valence-corrected chi connectivity index (χ2v) is 9.44. The fourth-order valence-electron chi connectivity index (χ4n) is 4.81. The van der Waals surface area contributed by atoms with E-state index in [9.17, 15) is 19.4 Å². The van der Waals surface area contributed by atoms with Gasteiger partial charge in [-0.15, -0.1) is 0 Å². The third-order valence-corrected chi connectivity index (χ3v) is 7.03. The zero-order valence-corrected chi connectivity index (χ0v) is 20.7. The van der Waals surface area contributed by atoms with E-state index in [1.165, 1.54) is 18.3 Å². The normalized spacial score (nSPS) is 18.9. The van der Waals surface area contributed by atoms with Gasteiger partial charge in [0.15, 0.2) is 0 Å². The number of likely N-dealkylation sites (tertiary alicyclic amines) is 1. The summed E-state index contributed by atoms with van der Waals surface area (Å²) in [6.45, 7) is 1.50. The molecule has 1 aromatic heterocycles. The van der Waals surface area contributed by atoms with Crippen molar-refractivity contribution in [2.75, 3.05) is 26.7 Å². The van der Waals surface area contributed by atoms with Gasteiger partial charge in [0.05, 0.1) is 36.2 Å². The van der Waals surface area contributed by atoms with Gasteiger partial charge >= 0.3 is 5.97 Å². The maximum atomic E-state index is 13.3. The molecular formula is C28H28ClFN2O4. The molecule has 6 nitrogen and oxygen atoms in total. The van der Waals surface area contributed by atoms with Gasteiger partial charge in [0.25, 0.3) is 0 Å². The first-order valence-electron chi connectivity index (χ1n) is 11.9. The molecule has 0 amide bonds. The number of pyridine rings is 1. The maximum absolute atomic E-state index is 13.3. The zero-order valence-electron chi connectivity index (χ0n) is 20.0. The first kappa shape index (κ1) is 25.9. The largest absolute Gasteiger partial charge is 0.497 e. The van der Waals surface area contributed by atoms with Gasteiger partial charge in [-0.2, -0.15) is 0 Å². The lowest BCUT2D eigenvalue weighted by Gasteiger charge is -2.36. The van der Waals surface area contributed by atoms with Gasteiger partial charge in [-0.05, 0) is 68.1 Å². The minimum Gasteiger partial charge on any atom is -0.497 e. The number of methoxy groups -OCH3 is 1. The van der Waals surface area contributed by atoms with Crippen molar-refractivity contribution in [1.29, 1.82) is 0 Å². The Morgan fingerprint density at radius 1 is 1.33 bits per heavy atom. The molecule has 1 fully saturated rings. The Kier molecular flexibility index (Phi) is 8.42. The summed E-state index contributed by atoms with van der Waals surface area (Å²) in [6.07, 6.45) is 2.27. The lowest BCUT2D eigenvalue weighted by molar-refractivity contribution is -0.146. The van der Waals surface area contributed by atoms with Gasteiger partial charge in [0.1, 0.15) is 11.6 Å². The number of carbonyl (C=O) groups is 1. The number of hydrogen-bond acceptors (Lipinski definition) is 5. The number of halogens is 2. The summed E-state index contributed by atoms with van der Waals surface area (Å²) in [5.74, 6) is 4.77. The van der Waals surface area contributed by atoms with Gasteiger partial charge < -0.3 is 14.9 Å². The number of aliphatic carboxylic acids is 1. The van der Waals surface area contributed by atoms with Crippen molar-refractivity contribution in [1.82, 2.24) is 9.88 Å². The van der Waals surface area contributed by atoms with Crippen LogP contribution in [-0.4, -0.2) is 52.8 Å². The Bertz CT molecular complexity index is 1310. The summed E-state index contributed by atoms with van der Waals surface area (Å²) < 4.78 is 18.6. The Hall–Kier alpha value is -3.18. The summed E-state index contributed by atoms with van der Waals surface area (Å²) in [5.41, 5.74) is 1.87. The van der Waals surface area contributed by atoms with Crippen LogP contribution in [0.5, 0.6) is 5.75 Å². The Morgan fingerprint density at radius 3 is 2.92 bits per heavy atom. The molecule has 0 bridgehead atoms. The second kappa shape index (κ2) is 11.7. The molecule has 2 aromatic carbocycles. The van der Waals surface area contributed by atoms with E-state index < -0.39 is 18.0 Å². The molecule has 3 aromatic rings. The van der Waals surface area contributed by atoms with Crippen molar-refractivity contribution in [3.63, 3.8) is 0 Å². The summed E-state index contributed by atoms with van der Waals surface area (Å²) in [6, 6.07) is 11.5. The third kappa shape index (κ3) is 6.14. The van der Waals surface area contributed by atoms with E-state index in [1.54, 1.807) is 31.4 Å². The van der Waals surface area contributed by atoms with Crippen molar-refractivity contribution in [3.8, 4) is 17.6 Å². The molecule has 1 aliphatic heterocycles. The fourth-order valence-corrected chi connectivity index (χ4v) is 5.08. The van der Waals surface area contributed by atoms with Crippen LogP contribution in [0.15, 0.2) is 48.7 Å². The molecular weight excluding hydrogens is 483 g/mol. The fraction of sp³-hybridized carbons (Fsp3) is 0.357. The van der Waals surface area contributed by atoms with Crippen LogP contribution in [0.4, 0.5) is 4.39 Å². The number of carboxylic acid groups (broad SMARTS) is 1. The van der Waals surface area contributed by atoms with Gasteiger partial charge in [0, 0.05) is 29.3 Å². The smallest absolute Gasteiger partial charge is 0.308 e. The maximum Gasteiger partial charge on any atom is 0.308 e. The van der Waals surface area contributed by atoms with Crippen molar-refractivity contribution in [2.24, 2.45) is 11.8 Å². The molecule has 188 valence electrons. The summed E-state index contributed by atoms with van der Waals surface area (Å²) in [4.78, 5) is 18.4. The molecule has 3 atom stereocenters. The van der Waals surface area contributed by atoms with E-state index in [0.29, 0.717) is 66.3 Å². The molecule has 8 heteroatoms. The molecule has 1 saturated heterocycles. The van der Waals surface area contributed by atoms with Crippen molar-refractivity contribution in [3.05, 3.63) is 70.6 Å². The molecule has 1 aliphatic rings. The molecule has 2 N–H and O–H groups in total. The summed E-state index contributed by atoms with van der Waals surface area (Å²) in [5, 5.41) is 22.0. The Labute approximate surface area is 214 Å². The number of aromatic nitrogens is 1. The SMILES string of the molecule is COc1ccc2ncc(Cl)c([C@@H](O)CC[C@H]3CCN(CC#Cc4cccc(F)c4)C[C@H]3C(=O)O)c2c1. The number of fused-ring (bicyclic) bond motifs is 1. The Morgan fingerprint density at radius 2 is 2.17 bits per heavy atom. The Balaban J connectivity index is 1.41. The topological polar surface area (TPSA) is 82.9 Å². The number of ether oxygens (including phenoxy) is 1. The van der Waals surface area contributed by atoms with Crippen LogP contribution in [0, 0.1) is 29.5 Å². The zero-order chi connectivity index (χ0) is 25.7. The van der Waals surface area contributed by atoms with Crippen LogP contribution in [-0.2, 0) is 4.79 Å². The molecule has 0 radical (unpaired) electrons. The molecule has 0 saturated carbocycles. The number of rotatable bonds is 7. The highest BCUT2D eigenvalue weighted by atomic mass is 35.5. The number of carboxylic acids is 1. The molecule has 36 heavy (non-hydrogen) atoms. The quantitative estimate of drug-likeness (QED) is 0.439. The first-order chi connectivity index (χ1) is 17.4. The van der Waals surface area contributed by atoms with Crippen molar-refractivity contribution in [2.45, 2.75) is 25.4 Å². The number of hydrogen-bond donors (Lipinski definition) is 2. The second-order valence-electron chi connectivity index (χ2n) is 9.04. The minimum atomic E-state index is -0.861. The van der Waals surface area contributed by atoms with Crippen LogP contribution in [0.25, 0.3) is 10.9 Å². The molecule has 0 spiro atoms. The average molecular weight is 511 g/mol. The predicted octanol–water partition coefficient (Wildman–Crippen LogP) is 4.92. The molecule has 0 unspecified atom stereocenters. The first-order valence-corrected chi connectivity index (χ1v) is 12.2. The third-order valence-electron chi connectivity index (χ3n) is 6.73. The van der Waals surface area contributed by atoms with Crippen LogP contribution >= 0.6 is 11.6 Å². The van der Waals surface area contributed by atoms with E-state index in [4.69, 9.17) is 16.3 Å². The number of piperidine rings is 1. The van der Waals surface area contributed by atoms with Crippen LogP contribution in [0.3, 0.4) is 0 Å². The number of benzene rings is 2. The highest BCUT2D eigenvalue weighted by Crippen LogP contribution is 2.36. The minimum absolute atomic E-state index is 0.0778. The highest BCUT2D eigenvalue weighted by Gasteiger charge is 2.34. The standard InChI is InChI=1S/C28H28ClFN2O4/c1-36-21-8-9-25-22(15-21)27(24(29)16-31-25)26(33)10-7-19-11-13-32(17-23(19)28(34)35)12-3-5-18-4-2-6-20(30)14-18/h2,4,6,8-9,14-16,19,23,26,33H,7,10-13,17H2,1H3,(H,34,35)/t19-,23+,26-/m0/s1. The highest BCUT2D eigenvalue weighted by molar-refractivity contribution is 6.32. The van der Waals surface area contributed by atoms with Crippen LogP contribution in [0.2, 0.25) is 5.02 Å². The van der Waals surface area contributed by atoms with Crippen LogP contribution < -0.4 is 4.74 Å².